The van der Waals surface area contributed by atoms with Crippen molar-refractivity contribution in [3.05, 3.63) is 53.8 Å². The van der Waals surface area contributed by atoms with Gasteiger partial charge in [0.15, 0.2) is 5.03 Å². The second kappa shape index (κ2) is 5.69. The van der Waals surface area contributed by atoms with E-state index >= 15 is 0 Å². The summed E-state index contributed by atoms with van der Waals surface area (Å²) in [5.74, 6) is 0.463. The molecule has 0 saturated carbocycles. The van der Waals surface area contributed by atoms with E-state index in [0.717, 1.165) is 6.42 Å². The molecule has 0 amide bonds. The maximum atomic E-state index is 13.2. The Labute approximate surface area is 140 Å². The number of benzene rings is 1. The standard InChI is InChI=1S/C16H17ClN2O3S/c1-16(2)7-10-22-14(16)15(19-9-8-18-11-19)23(20,21)13-5-3-12(17)4-6-13/h3-6,8-9,11H,7,10H2,1-2H3. The first-order valence-corrected chi connectivity index (χ1v) is 9.05. The molecule has 0 N–H and O–H groups in total. The molecule has 0 unspecified atom stereocenters. The van der Waals surface area contributed by atoms with Gasteiger partial charge in [-0.3, -0.25) is 4.57 Å². The zero-order chi connectivity index (χ0) is 16.7. The Morgan fingerprint density at radius 3 is 2.52 bits per heavy atom. The fraction of sp³-hybridized carbons (Fsp3) is 0.312. The zero-order valence-corrected chi connectivity index (χ0v) is 14.4. The Balaban J connectivity index is 2.25. The highest BCUT2D eigenvalue weighted by Crippen LogP contribution is 2.43. The van der Waals surface area contributed by atoms with E-state index in [9.17, 15) is 8.42 Å². The third-order valence-electron chi connectivity index (χ3n) is 3.90. The highest BCUT2D eigenvalue weighted by atomic mass is 35.5. The Kier molecular flexibility index (Phi) is 3.98. The van der Waals surface area contributed by atoms with Gasteiger partial charge in [-0.25, -0.2) is 13.4 Å². The van der Waals surface area contributed by atoms with Gasteiger partial charge in [0.05, 0.1) is 17.8 Å². The van der Waals surface area contributed by atoms with Gasteiger partial charge < -0.3 is 4.74 Å². The number of hydrogen-bond acceptors (Lipinski definition) is 4. The summed E-state index contributed by atoms with van der Waals surface area (Å²) in [6, 6.07) is 6.12. The highest BCUT2D eigenvalue weighted by Gasteiger charge is 2.39. The first kappa shape index (κ1) is 16.1. The second-order valence-corrected chi connectivity index (χ2v) is 8.35. The van der Waals surface area contributed by atoms with E-state index in [1.54, 1.807) is 24.5 Å². The number of imidazole rings is 1. The normalized spacial score (nSPS) is 19.4. The zero-order valence-electron chi connectivity index (χ0n) is 12.9. The number of allylic oxidation sites excluding steroid dienone is 1. The van der Waals surface area contributed by atoms with Gasteiger partial charge >= 0.3 is 0 Å². The van der Waals surface area contributed by atoms with Crippen molar-refractivity contribution < 1.29 is 13.2 Å². The molecule has 1 aromatic carbocycles. The quantitative estimate of drug-likeness (QED) is 0.847. The van der Waals surface area contributed by atoms with Gasteiger partial charge in [0.1, 0.15) is 5.76 Å². The largest absolute Gasteiger partial charge is 0.494 e. The van der Waals surface area contributed by atoms with Crippen LogP contribution in [-0.4, -0.2) is 24.6 Å². The van der Waals surface area contributed by atoms with E-state index in [2.05, 4.69) is 4.98 Å². The van der Waals surface area contributed by atoms with Crippen molar-refractivity contribution in [1.82, 2.24) is 9.55 Å². The molecule has 0 radical (unpaired) electrons. The van der Waals surface area contributed by atoms with Crippen LogP contribution in [0, 0.1) is 5.41 Å². The number of ether oxygens (including phenoxy) is 1. The van der Waals surface area contributed by atoms with Gasteiger partial charge in [0, 0.05) is 22.8 Å². The molecule has 1 aliphatic rings. The average molecular weight is 353 g/mol. The van der Waals surface area contributed by atoms with Crippen LogP contribution in [0.1, 0.15) is 20.3 Å². The lowest BCUT2D eigenvalue weighted by molar-refractivity contribution is 0.251. The van der Waals surface area contributed by atoms with Crippen LogP contribution in [-0.2, 0) is 14.6 Å². The summed E-state index contributed by atoms with van der Waals surface area (Å²) in [4.78, 5) is 4.14. The topological polar surface area (TPSA) is 61.2 Å². The second-order valence-electron chi connectivity index (χ2n) is 6.04. The maximum absolute atomic E-state index is 13.2. The predicted molar refractivity (Wildman–Crippen MR) is 88.4 cm³/mol. The summed E-state index contributed by atoms with van der Waals surface area (Å²) in [5.41, 5.74) is -0.362. The van der Waals surface area contributed by atoms with Crippen molar-refractivity contribution in [2.24, 2.45) is 5.41 Å². The summed E-state index contributed by atoms with van der Waals surface area (Å²) < 4.78 is 33.6. The molecule has 5 nitrogen and oxygen atoms in total. The molecule has 23 heavy (non-hydrogen) atoms. The van der Waals surface area contributed by atoms with Gasteiger partial charge in [-0.05, 0) is 30.7 Å². The van der Waals surface area contributed by atoms with E-state index in [1.807, 2.05) is 13.8 Å². The molecule has 122 valence electrons. The minimum absolute atomic E-state index is 0.111. The fourth-order valence-corrected chi connectivity index (χ4v) is 4.36. The molecule has 1 saturated heterocycles. The SMILES string of the molecule is CC1(C)CCOC1=C(n1ccnc1)S(=O)(=O)c1ccc(Cl)cc1. The first-order valence-electron chi connectivity index (χ1n) is 7.19. The molecule has 2 aromatic rings. The maximum Gasteiger partial charge on any atom is 0.225 e. The van der Waals surface area contributed by atoms with Crippen LogP contribution in [0.5, 0.6) is 0 Å². The Morgan fingerprint density at radius 2 is 2.00 bits per heavy atom. The van der Waals surface area contributed by atoms with Gasteiger partial charge in [0.2, 0.25) is 9.84 Å². The van der Waals surface area contributed by atoms with E-state index in [0.29, 0.717) is 17.4 Å². The number of aromatic nitrogens is 2. The van der Waals surface area contributed by atoms with Crippen molar-refractivity contribution in [3.8, 4) is 0 Å². The minimum Gasteiger partial charge on any atom is -0.494 e. The van der Waals surface area contributed by atoms with Crippen LogP contribution in [0.25, 0.3) is 5.03 Å². The van der Waals surface area contributed by atoms with Crippen molar-refractivity contribution in [2.45, 2.75) is 25.2 Å². The summed E-state index contributed by atoms with van der Waals surface area (Å²) in [5, 5.41) is 0.595. The number of nitrogens with zero attached hydrogens (tertiary/aromatic N) is 2. The minimum atomic E-state index is -3.78. The number of rotatable bonds is 3. The van der Waals surface area contributed by atoms with Crippen LogP contribution >= 0.6 is 11.6 Å². The van der Waals surface area contributed by atoms with E-state index < -0.39 is 9.84 Å². The smallest absolute Gasteiger partial charge is 0.225 e. The van der Waals surface area contributed by atoms with Crippen LogP contribution in [0.3, 0.4) is 0 Å². The Morgan fingerprint density at radius 1 is 1.30 bits per heavy atom. The van der Waals surface area contributed by atoms with Crippen molar-refractivity contribution in [3.63, 3.8) is 0 Å². The van der Waals surface area contributed by atoms with Gasteiger partial charge in [-0.15, -0.1) is 0 Å². The van der Waals surface area contributed by atoms with Crippen molar-refractivity contribution in [1.29, 1.82) is 0 Å². The molecule has 7 heteroatoms. The lowest BCUT2D eigenvalue weighted by Crippen LogP contribution is -2.18. The molecule has 0 aliphatic carbocycles. The summed E-state index contributed by atoms with van der Waals surface area (Å²) in [7, 11) is -3.78. The molecule has 1 fully saturated rings. The molecule has 0 atom stereocenters. The monoisotopic (exact) mass is 352 g/mol. The predicted octanol–water partition coefficient (Wildman–Crippen LogP) is 3.58. The molecule has 2 heterocycles. The van der Waals surface area contributed by atoms with Crippen LogP contribution in [0.4, 0.5) is 0 Å². The van der Waals surface area contributed by atoms with Crippen LogP contribution < -0.4 is 0 Å². The Bertz CT molecular complexity index is 838. The molecule has 3 rings (SSSR count). The van der Waals surface area contributed by atoms with Crippen molar-refractivity contribution in [2.75, 3.05) is 6.61 Å². The van der Waals surface area contributed by atoms with Gasteiger partial charge in [-0.2, -0.15) is 0 Å². The molecule has 0 bridgehead atoms. The summed E-state index contributed by atoms with van der Waals surface area (Å²) in [6.45, 7) is 4.45. The van der Waals surface area contributed by atoms with Crippen molar-refractivity contribution >= 4 is 26.5 Å². The third kappa shape index (κ3) is 2.88. The summed E-state index contributed by atoms with van der Waals surface area (Å²) in [6.07, 6.45) is 5.37. The lowest BCUT2D eigenvalue weighted by atomic mass is 9.90. The highest BCUT2D eigenvalue weighted by molar-refractivity contribution is 8.00. The summed E-state index contributed by atoms with van der Waals surface area (Å²) >= 11 is 5.87. The first-order chi connectivity index (χ1) is 10.8. The third-order valence-corrected chi connectivity index (χ3v) is 5.95. The van der Waals surface area contributed by atoms with E-state index in [1.165, 1.54) is 23.0 Å². The lowest BCUT2D eigenvalue weighted by Gasteiger charge is -2.21. The fourth-order valence-electron chi connectivity index (χ4n) is 2.55. The van der Waals surface area contributed by atoms with E-state index in [4.69, 9.17) is 16.3 Å². The number of sulfone groups is 1. The molecule has 1 aliphatic heterocycles. The van der Waals surface area contributed by atoms with Crippen LogP contribution in [0.15, 0.2) is 53.6 Å². The van der Waals surface area contributed by atoms with Gasteiger partial charge in [0.25, 0.3) is 0 Å². The molecule has 1 aromatic heterocycles. The van der Waals surface area contributed by atoms with Gasteiger partial charge in [-0.1, -0.05) is 25.4 Å². The number of halogens is 1. The molecular weight excluding hydrogens is 336 g/mol. The Hall–Kier alpha value is -1.79. The van der Waals surface area contributed by atoms with E-state index in [-0.39, 0.29) is 15.3 Å². The van der Waals surface area contributed by atoms with Crippen LogP contribution in [0.2, 0.25) is 5.02 Å². The molecule has 0 spiro atoms. The number of hydrogen-bond donors (Lipinski definition) is 0. The average Bonchev–Trinajstić information content (AvgIpc) is 3.10. The molecular formula is C16H17ClN2O3S.